The first-order valence-corrected chi connectivity index (χ1v) is 12.3. The molecular formula is C27H30F2N4O4. The molecule has 2 aliphatic rings. The zero-order chi connectivity index (χ0) is 26.5. The van der Waals surface area contributed by atoms with Crippen LogP contribution in [0.15, 0.2) is 59.8 Å². The molecule has 0 aromatic heterocycles. The number of likely N-dealkylation sites (N-methyl/N-ethyl adjacent to an activating group) is 1. The molecule has 37 heavy (non-hydrogen) atoms. The van der Waals surface area contributed by atoms with E-state index in [9.17, 15) is 23.2 Å². The number of hydrogen-bond acceptors (Lipinski definition) is 5. The Morgan fingerprint density at radius 1 is 1.03 bits per heavy atom. The van der Waals surface area contributed by atoms with E-state index >= 15 is 0 Å². The zero-order valence-electron chi connectivity index (χ0n) is 20.9. The van der Waals surface area contributed by atoms with Gasteiger partial charge in [-0.1, -0.05) is 18.2 Å². The van der Waals surface area contributed by atoms with Gasteiger partial charge in [0.05, 0.1) is 18.2 Å². The third-order valence-electron chi connectivity index (χ3n) is 6.63. The van der Waals surface area contributed by atoms with Gasteiger partial charge in [-0.3, -0.25) is 14.6 Å². The number of benzene rings is 2. The summed E-state index contributed by atoms with van der Waals surface area (Å²) in [6.45, 7) is 4.10. The molecule has 2 aromatic rings. The van der Waals surface area contributed by atoms with Crippen LogP contribution in [0.2, 0.25) is 0 Å². The van der Waals surface area contributed by atoms with Crippen LogP contribution >= 0.6 is 0 Å². The van der Waals surface area contributed by atoms with Gasteiger partial charge in [0.2, 0.25) is 0 Å². The van der Waals surface area contributed by atoms with Gasteiger partial charge in [-0.2, -0.15) is 0 Å². The first kappa shape index (κ1) is 26.3. The van der Waals surface area contributed by atoms with Gasteiger partial charge in [-0.05, 0) is 43.7 Å². The highest BCUT2D eigenvalue weighted by atomic mass is 19.1. The zero-order valence-corrected chi connectivity index (χ0v) is 20.9. The molecule has 2 aromatic carbocycles. The lowest BCUT2D eigenvalue weighted by Gasteiger charge is -2.36. The number of halogens is 2. The van der Waals surface area contributed by atoms with Crippen LogP contribution in [0.1, 0.15) is 35.3 Å². The largest absolute Gasteiger partial charge is 0.463 e. The van der Waals surface area contributed by atoms with Gasteiger partial charge in [0, 0.05) is 56.6 Å². The maximum atomic E-state index is 14.7. The minimum Gasteiger partial charge on any atom is -0.463 e. The van der Waals surface area contributed by atoms with Crippen molar-refractivity contribution in [1.29, 1.82) is 0 Å². The van der Waals surface area contributed by atoms with Crippen LogP contribution in [-0.4, -0.2) is 79.0 Å². The van der Waals surface area contributed by atoms with Crippen molar-refractivity contribution in [3.63, 3.8) is 0 Å². The average Bonchev–Trinajstić information content (AvgIpc) is 3.13. The predicted molar refractivity (Wildman–Crippen MR) is 132 cm³/mol. The van der Waals surface area contributed by atoms with Crippen molar-refractivity contribution in [2.24, 2.45) is 0 Å². The molecule has 8 nitrogen and oxygen atoms in total. The van der Waals surface area contributed by atoms with Gasteiger partial charge >= 0.3 is 12.0 Å². The van der Waals surface area contributed by atoms with E-state index in [1.54, 1.807) is 31.0 Å². The fraction of sp³-hybridized carbons (Fsp3) is 0.370. The summed E-state index contributed by atoms with van der Waals surface area (Å²) in [5.41, 5.74) is 1.20. The van der Waals surface area contributed by atoms with Crippen molar-refractivity contribution in [1.82, 2.24) is 20.0 Å². The Kier molecular flexibility index (Phi) is 8.17. The van der Waals surface area contributed by atoms with Crippen molar-refractivity contribution in [2.75, 3.05) is 46.4 Å². The maximum Gasteiger partial charge on any atom is 0.338 e. The van der Waals surface area contributed by atoms with E-state index in [4.69, 9.17) is 4.74 Å². The second-order valence-electron chi connectivity index (χ2n) is 8.97. The van der Waals surface area contributed by atoms with E-state index in [-0.39, 0.29) is 30.2 Å². The predicted octanol–water partition coefficient (Wildman–Crippen LogP) is 3.33. The van der Waals surface area contributed by atoms with E-state index in [0.29, 0.717) is 43.9 Å². The van der Waals surface area contributed by atoms with Gasteiger partial charge in [-0.25, -0.2) is 18.4 Å². The molecule has 1 unspecified atom stereocenters. The highest BCUT2D eigenvalue weighted by Crippen LogP contribution is 2.32. The summed E-state index contributed by atoms with van der Waals surface area (Å²) in [6, 6.07) is 10.0. The Morgan fingerprint density at radius 3 is 2.46 bits per heavy atom. The van der Waals surface area contributed by atoms with Crippen molar-refractivity contribution in [2.45, 2.75) is 19.4 Å². The Hall–Kier alpha value is -3.79. The van der Waals surface area contributed by atoms with Crippen molar-refractivity contribution in [3.05, 3.63) is 82.6 Å². The molecule has 1 saturated heterocycles. The van der Waals surface area contributed by atoms with E-state index in [2.05, 4.69) is 10.2 Å². The van der Waals surface area contributed by atoms with Crippen LogP contribution < -0.4 is 5.32 Å². The molecule has 1 fully saturated rings. The van der Waals surface area contributed by atoms with Crippen molar-refractivity contribution < 1.29 is 27.9 Å². The maximum absolute atomic E-state index is 14.7. The first-order valence-electron chi connectivity index (χ1n) is 12.3. The molecule has 2 aliphatic heterocycles. The van der Waals surface area contributed by atoms with Gasteiger partial charge in [0.1, 0.15) is 11.6 Å². The van der Waals surface area contributed by atoms with Crippen molar-refractivity contribution in [3.8, 4) is 0 Å². The van der Waals surface area contributed by atoms with Crippen LogP contribution in [0.3, 0.4) is 0 Å². The normalized spacial score (nSPS) is 18.9. The van der Waals surface area contributed by atoms with E-state index in [1.807, 2.05) is 0 Å². The van der Waals surface area contributed by atoms with Gasteiger partial charge in [0.15, 0.2) is 0 Å². The number of ether oxygens (including phenoxy) is 1. The summed E-state index contributed by atoms with van der Waals surface area (Å²) in [4.78, 5) is 44.0. The van der Waals surface area contributed by atoms with Crippen molar-refractivity contribution >= 4 is 17.9 Å². The summed E-state index contributed by atoms with van der Waals surface area (Å²) in [6.07, 6.45) is 0.668. The fourth-order valence-electron chi connectivity index (χ4n) is 4.66. The number of amides is 3. The Bertz CT molecular complexity index is 1200. The Morgan fingerprint density at radius 2 is 1.76 bits per heavy atom. The van der Waals surface area contributed by atoms with Gasteiger partial charge < -0.3 is 15.0 Å². The molecule has 0 radical (unpaired) electrons. The molecule has 1 atom stereocenters. The molecule has 2 heterocycles. The summed E-state index contributed by atoms with van der Waals surface area (Å²) in [5, 5.41) is 2.73. The summed E-state index contributed by atoms with van der Waals surface area (Å²) < 4.78 is 33.3. The van der Waals surface area contributed by atoms with Crippen LogP contribution in [-0.2, 0) is 9.53 Å². The quantitative estimate of drug-likeness (QED) is 0.601. The number of rotatable bonds is 6. The third-order valence-corrected chi connectivity index (χ3v) is 6.63. The highest BCUT2D eigenvalue weighted by Gasteiger charge is 2.38. The molecule has 196 valence electrons. The Balaban J connectivity index is 1.59. The number of carbonyl (C=O) groups excluding carboxylic acids is 3. The number of nitrogens with zero attached hydrogens (tertiary/aromatic N) is 3. The minimum atomic E-state index is -0.998. The topological polar surface area (TPSA) is 82.2 Å². The molecule has 1 N–H and O–H groups in total. The highest BCUT2D eigenvalue weighted by molar-refractivity contribution is 5.95. The lowest BCUT2D eigenvalue weighted by atomic mass is 9.94. The SMILES string of the molecule is CCOC(=O)C1=C(CN2CCCN(C(=O)c3ccc(F)cc3)CC2)N(C)C(=O)NC1c1ccccc1F. The number of nitrogens with one attached hydrogen (secondary N) is 1. The monoisotopic (exact) mass is 512 g/mol. The molecule has 0 spiro atoms. The average molecular weight is 513 g/mol. The summed E-state index contributed by atoms with van der Waals surface area (Å²) in [5.74, 6) is -1.75. The molecular weight excluding hydrogens is 482 g/mol. The second-order valence-corrected chi connectivity index (χ2v) is 8.97. The van der Waals surface area contributed by atoms with Crippen LogP contribution in [0.25, 0.3) is 0 Å². The van der Waals surface area contributed by atoms with Gasteiger partial charge in [0.25, 0.3) is 5.91 Å². The fourth-order valence-corrected chi connectivity index (χ4v) is 4.66. The standard InChI is InChI=1S/C27H30F2N4O4/c1-3-37-26(35)23-22(31(2)27(36)30-24(23)20-7-4-5-8-21(20)29)17-32-13-6-14-33(16-15-32)25(34)18-9-11-19(28)12-10-18/h4-5,7-12,24H,3,6,13-17H2,1-2H3,(H,30,36). The number of esters is 1. The van der Waals surface area contributed by atoms with Gasteiger partial charge in [-0.15, -0.1) is 0 Å². The minimum absolute atomic E-state index is 0.126. The molecule has 0 bridgehead atoms. The van der Waals surface area contributed by atoms with Crippen LogP contribution in [0.4, 0.5) is 13.6 Å². The Labute approximate surface area is 214 Å². The number of urea groups is 1. The van der Waals surface area contributed by atoms with Crippen LogP contribution in [0, 0.1) is 11.6 Å². The molecule has 3 amide bonds. The number of hydrogen-bond donors (Lipinski definition) is 1. The van der Waals surface area contributed by atoms with Crippen LogP contribution in [0.5, 0.6) is 0 Å². The second kappa shape index (κ2) is 11.5. The van der Waals surface area contributed by atoms with E-state index in [1.165, 1.54) is 41.3 Å². The number of carbonyl (C=O) groups is 3. The van der Waals surface area contributed by atoms with E-state index < -0.39 is 29.7 Å². The molecule has 10 heteroatoms. The third kappa shape index (κ3) is 5.80. The molecule has 4 rings (SSSR count). The summed E-state index contributed by atoms with van der Waals surface area (Å²) >= 11 is 0. The lowest BCUT2D eigenvalue weighted by molar-refractivity contribution is -0.139. The summed E-state index contributed by atoms with van der Waals surface area (Å²) in [7, 11) is 1.56. The first-order chi connectivity index (χ1) is 17.8. The lowest BCUT2D eigenvalue weighted by Crippen LogP contribution is -2.49. The van der Waals surface area contributed by atoms with E-state index in [0.717, 1.165) is 0 Å². The molecule has 0 aliphatic carbocycles. The smallest absolute Gasteiger partial charge is 0.338 e. The molecule has 0 saturated carbocycles.